The van der Waals surface area contributed by atoms with Crippen molar-refractivity contribution in [3.8, 4) is 0 Å². The van der Waals surface area contributed by atoms with E-state index < -0.39 is 0 Å². The average molecular weight is 291 g/mol. The normalized spacial score (nSPS) is 10.7. The highest BCUT2D eigenvalue weighted by atomic mass is 79.9. The maximum absolute atomic E-state index is 11.2. The molecule has 1 aromatic rings. The molecule has 15 heavy (non-hydrogen) atoms. The Kier molecular flexibility index (Phi) is 5.32. The maximum Gasteiger partial charge on any atom is 0.306 e. The van der Waals surface area contributed by atoms with Crippen LogP contribution in [0.5, 0.6) is 0 Å². The summed E-state index contributed by atoms with van der Waals surface area (Å²) in [5.41, 5.74) is 0. The van der Waals surface area contributed by atoms with Crippen molar-refractivity contribution in [2.24, 2.45) is 0 Å². The summed E-state index contributed by atoms with van der Waals surface area (Å²) in [5.74, 6) is -0.0966. The molecule has 1 rings (SSSR count). The third-order valence-corrected chi connectivity index (χ3v) is 3.48. The molecule has 0 N–H and O–H groups in total. The van der Waals surface area contributed by atoms with Crippen LogP contribution in [0.2, 0.25) is 0 Å². The summed E-state index contributed by atoms with van der Waals surface area (Å²) in [4.78, 5) is 12.5. The fourth-order valence-corrected chi connectivity index (χ4v) is 2.74. The number of carbonyl (C=O) groups excluding carboxylic acids is 1. The van der Waals surface area contributed by atoms with Gasteiger partial charge in [0.2, 0.25) is 0 Å². The van der Waals surface area contributed by atoms with Gasteiger partial charge >= 0.3 is 5.97 Å². The number of halogens is 1. The second-order valence-corrected chi connectivity index (χ2v) is 6.15. The number of thiophene rings is 1. The highest BCUT2D eigenvalue weighted by molar-refractivity contribution is 9.11. The average Bonchev–Trinajstić information content (AvgIpc) is 2.50. The van der Waals surface area contributed by atoms with Gasteiger partial charge in [-0.3, -0.25) is 4.79 Å². The molecule has 4 heteroatoms. The van der Waals surface area contributed by atoms with Gasteiger partial charge in [-0.1, -0.05) is 0 Å². The molecular formula is C11H15BrO2S. The first-order chi connectivity index (χ1) is 7.08. The van der Waals surface area contributed by atoms with Crippen molar-refractivity contribution in [2.75, 3.05) is 0 Å². The molecule has 0 saturated carbocycles. The van der Waals surface area contributed by atoms with Gasteiger partial charge in [0.15, 0.2) is 0 Å². The van der Waals surface area contributed by atoms with Crippen molar-refractivity contribution in [2.45, 2.75) is 39.2 Å². The van der Waals surface area contributed by atoms with Crippen LogP contribution in [0, 0.1) is 0 Å². The first kappa shape index (κ1) is 12.7. The molecule has 0 aliphatic rings. The lowest BCUT2D eigenvalue weighted by molar-refractivity contribution is -0.147. The maximum atomic E-state index is 11.2. The first-order valence-electron chi connectivity index (χ1n) is 5.01. The van der Waals surface area contributed by atoms with Gasteiger partial charge in [-0.05, 0) is 54.8 Å². The molecule has 0 fully saturated rings. The fourth-order valence-electron chi connectivity index (χ4n) is 1.21. The number of ether oxygens (including phenoxy) is 1. The van der Waals surface area contributed by atoms with Gasteiger partial charge < -0.3 is 4.74 Å². The van der Waals surface area contributed by atoms with E-state index in [0.29, 0.717) is 6.42 Å². The lowest BCUT2D eigenvalue weighted by Gasteiger charge is -2.06. The Morgan fingerprint density at radius 1 is 1.53 bits per heavy atom. The van der Waals surface area contributed by atoms with Gasteiger partial charge in [-0.2, -0.15) is 0 Å². The van der Waals surface area contributed by atoms with Crippen LogP contribution in [0.15, 0.2) is 15.9 Å². The molecule has 0 atom stereocenters. The molecule has 2 nitrogen and oxygen atoms in total. The van der Waals surface area contributed by atoms with E-state index in [9.17, 15) is 4.79 Å². The Morgan fingerprint density at radius 2 is 2.27 bits per heavy atom. The second kappa shape index (κ2) is 6.28. The van der Waals surface area contributed by atoms with Crippen molar-refractivity contribution >= 4 is 33.2 Å². The lowest BCUT2D eigenvalue weighted by Crippen LogP contribution is -2.11. The van der Waals surface area contributed by atoms with Gasteiger partial charge in [0.05, 0.1) is 9.89 Å². The summed E-state index contributed by atoms with van der Waals surface area (Å²) in [6.07, 6.45) is 2.31. The van der Waals surface area contributed by atoms with Gasteiger partial charge in [-0.25, -0.2) is 0 Å². The molecule has 0 saturated heterocycles. The number of rotatable bonds is 5. The van der Waals surface area contributed by atoms with E-state index in [2.05, 4.69) is 22.0 Å². The van der Waals surface area contributed by atoms with E-state index in [0.717, 1.165) is 16.6 Å². The largest absolute Gasteiger partial charge is 0.463 e. The van der Waals surface area contributed by atoms with Gasteiger partial charge in [0.25, 0.3) is 0 Å². The summed E-state index contributed by atoms with van der Waals surface area (Å²) in [7, 11) is 0. The minimum absolute atomic E-state index is 0.00613. The van der Waals surface area contributed by atoms with E-state index in [1.54, 1.807) is 11.3 Å². The topological polar surface area (TPSA) is 26.3 Å². The SMILES string of the molecule is CC(C)OC(=O)CCCc1ccc(Br)s1. The van der Waals surface area contributed by atoms with Crippen LogP contribution >= 0.6 is 27.3 Å². The van der Waals surface area contributed by atoms with Crippen LogP contribution in [0.4, 0.5) is 0 Å². The van der Waals surface area contributed by atoms with E-state index in [1.165, 1.54) is 4.88 Å². The first-order valence-corrected chi connectivity index (χ1v) is 6.62. The zero-order valence-electron chi connectivity index (χ0n) is 8.96. The predicted molar refractivity (Wildman–Crippen MR) is 66.2 cm³/mol. The second-order valence-electron chi connectivity index (χ2n) is 3.60. The third kappa shape index (κ3) is 5.33. The molecular weight excluding hydrogens is 276 g/mol. The highest BCUT2D eigenvalue weighted by Gasteiger charge is 2.05. The van der Waals surface area contributed by atoms with E-state index in [1.807, 2.05) is 19.9 Å². The number of hydrogen-bond donors (Lipinski definition) is 0. The molecule has 0 aromatic carbocycles. The number of esters is 1. The lowest BCUT2D eigenvalue weighted by atomic mass is 10.2. The molecule has 0 bridgehead atoms. The van der Waals surface area contributed by atoms with Crippen molar-refractivity contribution in [3.05, 3.63) is 20.8 Å². The smallest absolute Gasteiger partial charge is 0.306 e. The minimum Gasteiger partial charge on any atom is -0.463 e. The van der Waals surface area contributed by atoms with E-state index >= 15 is 0 Å². The quantitative estimate of drug-likeness (QED) is 0.772. The van der Waals surface area contributed by atoms with Crippen molar-refractivity contribution in [1.82, 2.24) is 0 Å². The Hall–Kier alpha value is -0.350. The Bertz CT molecular complexity index is 320. The van der Waals surface area contributed by atoms with E-state index in [4.69, 9.17) is 4.74 Å². The number of hydrogen-bond acceptors (Lipinski definition) is 3. The van der Waals surface area contributed by atoms with Crippen LogP contribution in [0.3, 0.4) is 0 Å². The zero-order valence-corrected chi connectivity index (χ0v) is 11.4. The molecule has 0 aliphatic heterocycles. The molecule has 1 heterocycles. The highest BCUT2D eigenvalue weighted by Crippen LogP contribution is 2.23. The predicted octanol–water partition coefficient (Wildman–Crippen LogP) is 3.78. The minimum atomic E-state index is -0.0966. The Balaban J connectivity index is 2.19. The summed E-state index contributed by atoms with van der Waals surface area (Å²) in [6, 6.07) is 4.12. The van der Waals surface area contributed by atoms with Crippen LogP contribution < -0.4 is 0 Å². The van der Waals surface area contributed by atoms with Crippen molar-refractivity contribution < 1.29 is 9.53 Å². The summed E-state index contributed by atoms with van der Waals surface area (Å²) in [5, 5.41) is 0. The standard InChI is InChI=1S/C11H15BrO2S/c1-8(2)14-11(13)5-3-4-9-6-7-10(12)15-9/h6-8H,3-5H2,1-2H3. The van der Waals surface area contributed by atoms with Crippen LogP contribution in [0.25, 0.3) is 0 Å². The molecule has 84 valence electrons. The Labute approximate surface area is 103 Å². The van der Waals surface area contributed by atoms with Gasteiger partial charge in [0, 0.05) is 11.3 Å². The van der Waals surface area contributed by atoms with Crippen LogP contribution in [-0.2, 0) is 16.0 Å². The van der Waals surface area contributed by atoms with E-state index in [-0.39, 0.29) is 12.1 Å². The van der Waals surface area contributed by atoms with Gasteiger partial charge in [0.1, 0.15) is 0 Å². The Morgan fingerprint density at radius 3 is 2.80 bits per heavy atom. The summed E-state index contributed by atoms with van der Waals surface area (Å²) < 4.78 is 6.19. The number of aryl methyl sites for hydroxylation is 1. The molecule has 0 spiro atoms. The molecule has 0 aliphatic carbocycles. The van der Waals surface area contributed by atoms with Crippen LogP contribution in [0.1, 0.15) is 31.6 Å². The number of carbonyl (C=O) groups is 1. The fraction of sp³-hybridized carbons (Fsp3) is 0.545. The monoisotopic (exact) mass is 290 g/mol. The zero-order chi connectivity index (χ0) is 11.3. The molecule has 0 amide bonds. The van der Waals surface area contributed by atoms with Gasteiger partial charge in [-0.15, -0.1) is 11.3 Å². The molecule has 0 unspecified atom stereocenters. The van der Waals surface area contributed by atoms with Crippen molar-refractivity contribution in [3.63, 3.8) is 0 Å². The van der Waals surface area contributed by atoms with Crippen molar-refractivity contribution in [1.29, 1.82) is 0 Å². The molecule has 1 aromatic heterocycles. The molecule has 0 radical (unpaired) electrons. The third-order valence-electron chi connectivity index (χ3n) is 1.80. The summed E-state index contributed by atoms with van der Waals surface area (Å²) >= 11 is 5.13. The summed E-state index contributed by atoms with van der Waals surface area (Å²) in [6.45, 7) is 3.74. The van der Waals surface area contributed by atoms with Crippen LogP contribution in [-0.4, -0.2) is 12.1 Å².